The van der Waals surface area contributed by atoms with Crippen LogP contribution >= 0.6 is 0 Å². The standard InChI is InChI=1S/C28H30F3N3O2/c29-28(30,31)22-11-13-25(14-12-22)36-26(21-7-3-1-4-8-21)17-20-34-18-15-24(16-19-34)33-27(35)32-23-9-5-2-6-10-23/h1-14,24,26H,15-20H2,(H2,32,33,35). The summed E-state index contributed by atoms with van der Waals surface area (Å²) in [6.45, 7) is 2.47. The van der Waals surface area contributed by atoms with E-state index in [0.29, 0.717) is 12.2 Å². The van der Waals surface area contributed by atoms with E-state index in [1.54, 1.807) is 0 Å². The Labute approximate surface area is 209 Å². The molecule has 1 fully saturated rings. The SMILES string of the molecule is O=C(Nc1ccccc1)NC1CCN(CCC(Oc2ccc(C(F)(F)F)cc2)c2ccccc2)CC1. The number of piperidine rings is 1. The number of carbonyl (C=O) groups is 1. The third-order valence-electron chi connectivity index (χ3n) is 6.29. The van der Waals surface area contributed by atoms with Crippen LogP contribution in [-0.4, -0.2) is 36.6 Å². The van der Waals surface area contributed by atoms with Crippen LogP contribution in [0.3, 0.4) is 0 Å². The van der Waals surface area contributed by atoms with Crippen LogP contribution in [0.1, 0.15) is 36.5 Å². The summed E-state index contributed by atoms with van der Waals surface area (Å²) in [5.41, 5.74) is 1.04. The van der Waals surface area contributed by atoms with Gasteiger partial charge in [-0.15, -0.1) is 0 Å². The van der Waals surface area contributed by atoms with Crippen LogP contribution in [0.25, 0.3) is 0 Å². The van der Waals surface area contributed by atoms with Crippen LogP contribution in [0.5, 0.6) is 5.75 Å². The van der Waals surface area contributed by atoms with Gasteiger partial charge in [0.25, 0.3) is 0 Å². The summed E-state index contributed by atoms with van der Waals surface area (Å²) >= 11 is 0. The number of hydrogen-bond donors (Lipinski definition) is 2. The summed E-state index contributed by atoms with van der Waals surface area (Å²) in [6, 6.07) is 23.8. The summed E-state index contributed by atoms with van der Waals surface area (Å²) in [6.07, 6.45) is -2.27. The first-order chi connectivity index (χ1) is 17.4. The highest BCUT2D eigenvalue weighted by molar-refractivity contribution is 5.89. The molecule has 0 radical (unpaired) electrons. The maximum absolute atomic E-state index is 12.9. The number of benzene rings is 3. The van der Waals surface area contributed by atoms with E-state index in [-0.39, 0.29) is 18.2 Å². The Morgan fingerprint density at radius 2 is 1.53 bits per heavy atom. The van der Waals surface area contributed by atoms with Crippen molar-refractivity contribution >= 4 is 11.7 Å². The number of carbonyl (C=O) groups excluding carboxylic acids is 1. The van der Waals surface area contributed by atoms with Crippen molar-refractivity contribution in [3.8, 4) is 5.75 Å². The second-order valence-corrected chi connectivity index (χ2v) is 8.91. The first-order valence-electron chi connectivity index (χ1n) is 12.1. The predicted octanol–water partition coefficient (Wildman–Crippen LogP) is 6.50. The number of amides is 2. The lowest BCUT2D eigenvalue weighted by atomic mass is 10.0. The molecule has 8 heteroatoms. The Bertz CT molecular complexity index is 1080. The smallest absolute Gasteiger partial charge is 0.416 e. The fourth-order valence-corrected chi connectivity index (χ4v) is 4.32. The van der Waals surface area contributed by atoms with Crippen LogP contribution < -0.4 is 15.4 Å². The van der Waals surface area contributed by atoms with Crippen molar-refractivity contribution in [2.45, 2.75) is 37.6 Å². The Kier molecular flexibility index (Phi) is 8.48. The topological polar surface area (TPSA) is 53.6 Å². The number of halogens is 3. The van der Waals surface area contributed by atoms with Gasteiger partial charge in [0.05, 0.1) is 5.56 Å². The molecule has 4 rings (SSSR count). The molecule has 1 atom stereocenters. The molecular weight excluding hydrogens is 467 g/mol. The van der Waals surface area contributed by atoms with Crippen molar-refractivity contribution in [2.24, 2.45) is 0 Å². The van der Waals surface area contributed by atoms with Gasteiger partial charge >= 0.3 is 12.2 Å². The van der Waals surface area contributed by atoms with E-state index >= 15 is 0 Å². The molecule has 5 nitrogen and oxygen atoms in total. The molecule has 0 spiro atoms. The molecule has 2 N–H and O–H groups in total. The zero-order chi connectivity index (χ0) is 25.4. The maximum Gasteiger partial charge on any atom is 0.416 e. The number of anilines is 1. The number of nitrogens with one attached hydrogen (secondary N) is 2. The van der Waals surface area contributed by atoms with Crippen LogP contribution in [0.15, 0.2) is 84.9 Å². The molecule has 0 aliphatic carbocycles. The lowest BCUT2D eigenvalue weighted by Crippen LogP contribution is -2.46. The number of likely N-dealkylation sites (tertiary alicyclic amines) is 1. The van der Waals surface area contributed by atoms with Gasteiger partial charge in [-0.3, -0.25) is 0 Å². The normalized spacial score (nSPS) is 15.8. The summed E-state index contributed by atoms with van der Waals surface area (Å²) in [7, 11) is 0. The Morgan fingerprint density at radius 3 is 2.14 bits per heavy atom. The zero-order valence-corrected chi connectivity index (χ0v) is 19.9. The molecule has 36 heavy (non-hydrogen) atoms. The first kappa shape index (κ1) is 25.6. The summed E-state index contributed by atoms with van der Waals surface area (Å²) in [5.74, 6) is 0.407. The third kappa shape index (κ3) is 7.49. The molecule has 0 saturated carbocycles. The van der Waals surface area contributed by atoms with Crippen LogP contribution in [0, 0.1) is 0 Å². The minimum atomic E-state index is -4.37. The van der Waals surface area contributed by atoms with Crippen molar-refractivity contribution in [3.63, 3.8) is 0 Å². The van der Waals surface area contributed by atoms with Gasteiger partial charge < -0.3 is 20.3 Å². The highest BCUT2D eigenvalue weighted by Gasteiger charge is 2.30. The van der Waals surface area contributed by atoms with Crippen LogP contribution in [-0.2, 0) is 6.18 Å². The molecule has 0 aromatic heterocycles. The number of urea groups is 1. The minimum Gasteiger partial charge on any atom is -0.486 e. The minimum absolute atomic E-state index is 0.110. The quantitative estimate of drug-likeness (QED) is 0.374. The monoisotopic (exact) mass is 497 g/mol. The van der Waals surface area contributed by atoms with E-state index in [4.69, 9.17) is 4.74 Å². The highest BCUT2D eigenvalue weighted by atomic mass is 19.4. The van der Waals surface area contributed by atoms with Crippen LogP contribution in [0.4, 0.5) is 23.7 Å². The second kappa shape index (κ2) is 11.9. The van der Waals surface area contributed by atoms with E-state index in [2.05, 4.69) is 15.5 Å². The van der Waals surface area contributed by atoms with Crippen molar-refractivity contribution in [3.05, 3.63) is 96.1 Å². The number of alkyl halides is 3. The van der Waals surface area contributed by atoms with Crippen molar-refractivity contribution in [2.75, 3.05) is 25.0 Å². The highest BCUT2D eigenvalue weighted by Crippen LogP contribution is 2.32. The van der Waals surface area contributed by atoms with E-state index < -0.39 is 11.7 Å². The average Bonchev–Trinajstić information content (AvgIpc) is 2.88. The summed E-state index contributed by atoms with van der Waals surface area (Å²) in [5, 5.41) is 5.90. The lowest BCUT2D eigenvalue weighted by molar-refractivity contribution is -0.137. The van der Waals surface area contributed by atoms with Crippen molar-refractivity contribution < 1.29 is 22.7 Å². The van der Waals surface area contributed by atoms with Gasteiger partial charge in [0.2, 0.25) is 0 Å². The number of ether oxygens (including phenoxy) is 1. The Balaban J connectivity index is 1.28. The van der Waals surface area contributed by atoms with Gasteiger partial charge in [0.1, 0.15) is 11.9 Å². The van der Waals surface area contributed by atoms with E-state index in [0.717, 1.165) is 55.9 Å². The van der Waals surface area contributed by atoms with E-state index in [1.807, 2.05) is 60.7 Å². The van der Waals surface area contributed by atoms with Crippen LogP contribution in [0.2, 0.25) is 0 Å². The first-order valence-corrected chi connectivity index (χ1v) is 12.1. The second-order valence-electron chi connectivity index (χ2n) is 8.91. The van der Waals surface area contributed by atoms with Crippen molar-refractivity contribution in [1.29, 1.82) is 0 Å². The van der Waals surface area contributed by atoms with Crippen molar-refractivity contribution in [1.82, 2.24) is 10.2 Å². The number of nitrogens with zero attached hydrogens (tertiary/aromatic N) is 1. The van der Waals surface area contributed by atoms with Gasteiger partial charge in [-0.05, 0) is 54.8 Å². The third-order valence-corrected chi connectivity index (χ3v) is 6.29. The van der Waals surface area contributed by atoms with Gasteiger partial charge in [-0.1, -0.05) is 48.5 Å². The predicted molar refractivity (Wildman–Crippen MR) is 134 cm³/mol. The molecule has 190 valence electrons. The van der Waals surface area contributed by atoms with E-state index in [9.17, 15) is 18.0 Å². The van der Waals surface area contributed by atoms with Gasteiger partial charge in [-0.25, -0.2) is 4.79 Å². The van der Waals surface area contributed by atoms with Gasteiger partial charge in [0, 0.05) is 37.8 Å². The average molecular weight is 498 g/mol. The molecule has 1 aliphatic heterocycles. The molecule has 3 aromatic carbocycles. The Morgan fingerprint density at radius 1 is 0.917 bits per heavy atom. The summed E-state index contributed by atoms with van der Waals surface area (Å²) in [4.78, 5) is 14.6. The fraction of sp³-hybridized carbons (Fsp3) is 0.321. The molecular formula is C28H30F3N3O2. The number of hydrogen-bond acceptors (Lipinski definition) is 3. The molecule has 1 heterocycles. The molecule has 2 amide bonds. The number of para-hydroxylation sites is 1. The molecule has 1 unspecified atom stereocenters. The molecule has 1 aliphatic rings. The van der Waals surface area contributed by atoms with Gasteiger partial charge in [0.15, 0.2) is 0 Å². The number of rotatable bonds is 8. The van der Waals surface area contributed by atoms with E-state index in [1.165, 1.54) is 12.1 Å². The fourth-order valence-electron chi connectivity index (χ4n) is 4.32. The molecule has 3 aromatic rings. The largest absolute Gasteiger partial charge is 0.486 e. The molecule has 0 bridgehead atoms. The maximum atomic E-state index is 12.9. The zero-order valence-electron chi connectivity index (χ0n) is 19.9. The lowest BCUT2D eigenvalue weighted by Gasteiger charge is -2.33. The summed E-state index contributed by atoms with van der Waals surface area (Å²) < 4.78 is 44.8. The van der Waals surface area contributed by atoms with Gasteiger partial charge in [-0.2, -0.15) is 13.2 Å². The Hall–Kier alpha value is -3.52. The molecule has 1 saturated heterocycles.